The quantitative estimate of drug-likeness (QED) is 0.448. The van der Waals surface area contributed by atoms with E-state index in [1.165, 1.54) is 6.20 Å². The average Bonchev–Trinajstić information content (AvgIpc) is 3.22. The Kier molecular flexibility index (Phi) is 6.96. The van der Waals surface area contributed by atoms with Gasteiger partial charge in [-0.25, -0.2) is 17.2 Å². The Morgan fingerprint density at radius 2 is 1.83 bits per heavy atom. The van der Waals surface area contributed by atoms with Crippen LogP contribution in [0.15, 0.2) is 41.4 Å². The number of nitrogens with zero attached hydrogens (tertiary/aromatic N) is 5. The maximum Gasteiger partial charge on any atom is 0.410 e. The molecule has 1 amide bonds. The van der Waals surface area contributed by atoms with E-state index >= 15 is 0 Å². The molecule has 3 heterocycles. The number of piperidine rings is 1. The second-order valence-electron chi connectivity index (χ2n) is 10.4. The minimum atomic E-state index is -3.89. The number of ether oxygens (including phenoxy) is 1. The molecule has 3 aromatic rings. The second-order valence-corrected chi connectivity index (χ2v) is 12.5. The van der Waals surface area contributed by atoms with Crippen LogP contribution in [0.25, 0.3) is 11.0 Å². The summed E-state index contributed by atoms with van der Waals surface area (Å²) in [6.07, 6.45) is 1.91. The number of anilines is 1. The highest BCUT2D eigenvalue weighted by Gasteiger charge is 2.35. The number of benzene rings is 1. The van der Waals surface area contributed by atoms with Gasteiger partial charge in [0.05, 0.1) is 16.3 Å². The predicted octanol–water partition coefficient (Wildman–Crippen LogP) is 4.71. The Morgan fingerprint density at radius 3 is 2.47 bits per heavy atom. The minimum absolute atomic E-state index is 0.0594. The number of amides is 1. The molecule has 0 spiro atoms. The van der Waals surface area contributed by atoms with E-state index in [0.29, 0.717) is 24.3 Å². The number of hydrogen-bond donors (Lipinski definition) is 0. The number of likely N-dealkylation sites (tertiary alicyclic amines) is 1. The van der Waals surface area contributed by atoms with Gasteiger partial charge in [-0.2, -0.15) is 9.97 Å². The summed E-state index contributed by atoms with van der Waals surface area (Å²) in [5.41, 5.74) is 0.576. The summed E-state index contributed by atoms with van der Waals surface area (Å²) in [6.45, 7) is 10.6. The van der Waals surface area contributed by atoms with E-state index in [4.69, 9.17) is 16.3 Å². The maximum absolute atomic E-state index is 13.4. The molecule has 36 heavy (non-hydrogen) atoms. The van der Waals surface area contributed by atoms with E-state index in [1.807, 2.05) is 39.6 Å². The molecule has 0 saturated carbocycles. The summed E-state index contributed by atoms with van der Waals surface area (Å²) < 4.78 is 33.5. The first-order chi connectivity index (χ1) is 16.8. The third kappa shape index (κ3) is 5.15. The lowest BCUT2D eigenvalue weighted by atomic mass is 9.92. The first-order valence-electron chi connectivity index (χ1n) is 11.9. The summed E-state index contributed by atoms with van der Waals surface area (Å²) in [5, 5.41) is 0.495. The number of carbonyl (C=O) groups is 1. The monoisotopic (exact) mass is 533 g/mol. The Morgan fingerprint density at radius 1 is 1.17 bits per heavy atom. The third-order valence-corrected chi connectivity index (χ3v) is 8.29. The molecule has 0 N–H and O–H groups in total. The molecule has 1 saturated heterocycles. The molecule has 9 nitrogen and oxygen atoms in total. The number of fused-ring (bicyclic) bond motifs is 1. The van der Waals surface area contributed by atoms with Crippen LogP contribution < -0.4 is 4.90 Å². The molecule has 194 valence electrons. The number of carbonyl (C=O) groups excluding carboxylic acids is 1. The zero-order valence-electron chi connectivity index (χ0n) is 21.4. The zero-order valence-corrected chi connectivity index (χ0v) is 23.0. The predicted molar refractivity (Wildman–Crippen MR) is 140 cm³/mol. The van der Waals surface area contributed by atoms with Crippen molar-refractivity contribution < 1.29 is 17.9 Å². The van der Waals surface area contributed by atoms with Crippen LogP contribution in [0, 0.1) is 12.8 Å². The molecule has 11 heteroatoms. The van der Waals surface area contributed by atoms with Crippen molar-refractivity contribution in [3.63, 3.8) is 0 Å². The molecule has 2 unspecified atom stereocenters. The molecule has 0 radical (unpaired) electrons. The molecular formula is C25H32ClN5O4S. The third-order valence-electron chi connectivity index (χ3n) is 6.44. The summed E-state index contributed by atoms with van der Waals surface area (Å²) in [5.74, 6) is 0.751. The van der Waals surface area contributed by atoms with Crippen molar-refractivity contribution >= 4 is 44.6 Å². The SMILES string of the molecule is Cc1ccc(S(=O)(=O)n2ccc3c(N(C)C4CN(C(=O)OC(C)(C)C)CCC4C)nc(Cl)nc32)cc1. The van der Waals surface area contributed by atoms with Crippen molar-refractivity contribution in [2.45, 2.75) is 57.6 Å². The Labute approximate surface area is 217 Å². The fraction of sp³-hybridized carbons (Fsp3) is 0.480. The summed E-state index contributed by atoms with van der Waals surface area (Å²) in [4.78, 5) is 25.3. The lowest BCUT2D eigenvalue weighted by molar-refractivity contribution is 0.0165. The summed E-state index contributed by atoms with van der Waals surface area (Å²) in [6, 6.07) is 8.24. The Bertz CT molecular complexity index is 1380. The van der Waals surface area contributed by atoms with E-state index in [2.05, 4.69) is 16.9 Å². The van der Waals surface area contributed by atoms with Crippen molar-refractivity contribution in [1.82, 2.24) is 18.8 Å². The molecule has 1 fully saturated rings. The van der Waals surface area contributed by atoms with Crippen LogP contribution in [-0.4, -0.2) is 65.1 Å². The van der Waals surface area contributed by atoms with Crippen LogP contribution in [0.3, 0.4) is 0 Å². The normalized spacial score (nSPS) is 18.9. The molecule has 1 aromatic carbocycles. The highest BCUT2D eigenvalue weighted by atomic mass is 35.5. The number of likely N-dealkylation sites (N-methyl/N-ethyl adjacent to an activating group) is 1. The van der Waals surface area contributed by atoms with Crippen LogP contribution >= 0.6 is 11.6 Å². The first kappa shape index (κ1) is 26.2. The molecular weight excluding hydrogens is 502 g/mol. The van der Waals surface area contributed by atoms with Gasteiger partial charge >= 0.3 is 6.09 Å². The van der Waals surface area contributed by atoms with Gasteiger partial charge in [0.2, 0.25) is 5.28 Å². The molecule has 2 aromatic heterocycles. The van der Waals surface area contributed by atoms with E-state index in [9.17, 15) is 13.2 Å². The summed E-state index contributed by atoms with van der Waals surface area (Å²) in [7, 11) is -2.01. The van der Waals surface area contributed by atoms with Gasteiger partial charge in [-0.1, -0.05) is 24.6 Å². The average molecular weight is 534 g/mol. The van der Waals surface area contributed by atoms with E-state index in [0.717, 1.165) is 16.0 Å². The van der Waals surface area contributed by atoms with Gasteiger partial charge in [-0.3, -0.25) is 0 Å². The molecule has 1 aliphatic heterocycles. The fourth-order valence-electron chi connectivity index (χ4n) is 4.44. The van der Waals surface area contributed by atoms with Crippen LogP contribution in [0.5, 0.6) is 0 Å². The van der Waals surface area contributed by atoms with Crippen molar-refractivity contribution in [2.75, 3.05) is 25.0 Å². The van der Waals surface area contributed by atoms with Gasteiger partial charge in [-0.15, -0.1) is 0 Å². The van der Waals surface area contributed by atoms with Crippen LogP contribution in [0.4, 0.5) is 10.6 Å². The lowest BCUT2D eigenvalue weighted by Crippen LogP contribution is -2.53. The van der Waals surface area contributed by atoms with Gasteiger partial charge in [-0.05, 0) is 69.8 Å². The molecule has 1 aliphatic rings. The summed E-state index contributed by atoms with van der Waals surface area (Å²) >= 11 is 6.30. The van der Waals surface area contributed by atoms with Gasteiger partial charge in [0.15, 0.2) is 5.65 Å². The highest BCUT2D eigenvalue weighted by molar-refractivity contribution is 7.90. The van der Waals surface area contributed by atoms with Crippen molar-refractivity contribution in [3.8, 4) is 0 Å². The molecule has 2 atom stereocenters. The minimum Gasteiger partial charge on any atom is -0.444 e. The standard InChI is InChI=1S/C25H32ClN5O4S/c1-16-7-9-18(10-8-16)36(33,34)31-14-12-19-21(27-23(26)28-22(19)31)29(6)20-15-30(13-11-17(20)2)24(32)35-25(3,4)5/h7-10,12,14,17,20H,11,13,15H2,1-6H3. The Hall–Kier alpha value is -2.85. The zero-order chi connectivity index (χ0) is 26.4. The number of hydrogen-bond acceptors (Lipinski definition) is 7. The number of rotatable bonds is 4. The van der Waals surface area contributed by atoms with Crippen molar-refractivity contribution in [1.29, 1.82) is 0 Å². The van der Waals surface area contributed by atoms with Crippen LogP contribution in [-0.2, 0) is 14.8 Å². The topological polar surface area (TPSA) is 97.6 Å². The van der Waals surface area contributed by atoms with Gasteiger partial charge in [0, 0.05) is 26.3 Å². The Balaban J connectivity index is 1.70. The maximum atomic E-state index is 13.4. The van der Waals surface area contributed by atoms with Gasteiger partial charge in [0.25, 0.3) is 10.0 Å². The number of aryl methyl sites for hydroxylation is 1. The van der Waals surface area contributed by atoms with E-state index in [-0.39, 0.29) is 33.9 Å². The lowest BCUT2D eigenvalue weighted by Gasteiger charge is -2.42. The molecule has 4 rings (SSSR count). The first-order valence-corrected chi connectivity index (χ1v) is 13.7. The van der Waals surface area contributed by atoms with Crippen LogP contribution in [0.1, 0.15) is 39.7 Å². The number of aromatic nitrogens is 3. The van der Waals surface area contributed by atoms with E-state index in [1.54, 1.807) is 35.2 Å². The van der Waals surface area contributed by atoms with Gasteiger partial charge in [0.1, 0.15) is 11.4 Å². The fourth-order valence-corrected chi connectivity index (χ4v) is 5.89. The van der Waals surface area contributed by atoms with Crippen LogP contribution in [0.2, 0.25) is 5.28 Å². The van der Waals surface area contributed by atoms with Gasteiger partial charge < -0.3 is 14.5 Å². The smallest absolute Gasteiger partial charge is 0.410 e. The second kappa shape index (κ2) is 9.55. The number of halogens is 1. The molecule has 0 aliphatic carbocycles. The highest BCUT2D eigenvalue weighted by Crippen LogP contribution is 2.32. The largest absolute Gasteiger partial charge is 0.444 e. The molecule has 0 bridgehead atoms. The van der Waals surface area contributed by atoms with Crippen molar-refractivity contribution in [2.24, 2.45) is 5.92 Å². The van der Waals surface area contributed by atoms with Crippen molar-refractivity contribution in [3.05, 3.63) is 47.4 Å². The van der Waals surface area contributed by atoms with E-state index < -0.39 is 15.6 Å².